The number of aryl methyl sites for hydroxylation is 1. The number of rotatable bonds is 3. The zero-order chi connectivity index (χ0) is 12.3. The number of aromatic nitrogens is 2. The molecule has 4 nitrogen and oxygen atoms in total. The summed E-state index contributed by atoms with van der Waals surface area (Å²) in [7, 11) is -1.13. The van der Waals surface area contributed by atoms with Crippen LogP contribution in [0.3, 0.4) is 0 Å². The van der Waals surface area contributed by atoms with Crippen molar-refractivity contribution in [2.24, 2.45) is 0 Å². The summed E-state index contributed by atoms with van der Waals surface area (Å²) in [6, 6.07) is 7.11. The Morgan fingerprint density at radius 3 is 2.65 bits per heavy atom. The standard InChI is InChI=1S/C12H13N3OS/c1-9-7-10(13)3-4-11(9)17(16)8-12-14-5-2-6-15-12/h2-7H,8,13H2,1H3. The van der Waals surface area contributed by atoms with Gasteiger partial charge in [0.1, 0.15) is 5.82 Å². The van der Waals surface area contributed by atoms with Crippen LogP contribution in [0, 0.1) is 6.92 Å². The molecule has 0 aliphatic rings. The highest BCUT2D eigenvalue weighted by atomic mass is 32.2. The highest BCUT2D eigenvalue weighted by Gasteiger charge is 2.09. The Morgan fingerprint density at radius 2 is 2.00 bits per heavy atom. The van der Waals surface area contributed by atoms with Gasteiger partial charge in [0.2, 0.25) is 0 Å². The molecule has 0 spiro atoms. The summed E-state index contributed by atoms with van der Waals surface area (Å²) in [5.41, 5.74) is 7.27. The van der Waals surface area contributed by atoms with Crippen LogP contribution in [0.15, 0.2) is 41.6 Å². The predicted molar refractivity (Wildman–Crippen MR) is 67.7 cm³/mol. The number of nitrogens with zero attached hydrogens (tertiary/aromatic N) is 2. The van der Waals surface area contributed by atoms with Crippen molar-refractivity contribution in [3.05, 3.63) is 48.0 Å². The largest absolute Gasteiger partial charge is 0.399 e. The number of nitrogen functional groups attached to an aromatic ring is 1. The lowest BCUT2D eigenvalue weighted by Crippen LogP contribution is -2.02. The van der Waals surface area contributed by atoms with Crippen LogP contribution in [-0.2, 0) is 16.6 Å². The summed E-state index contributed by atoms with van der Waals surface area (Å²) in [6.07, 6.45) is 3.30. The minimum atomic E-state index is -1.13. The first-order valence-electron chi connectivity index (χ1n) is 5.17. The molecule has 0 fully saturated rings. The Balaban J connectivity index is 2.21. The second kappa shape index (κ2) is 5.05. The molecule has 1 atom stereocenters. The summed E-state index contributed by atoms with van der Waals surface area (Å²) in [5.74, 6) is 0.910. The van der Waals surface area contributed by atoms with Gasteiger partial charge in [0.15, 0.2) is 0 Å². The lowest BCUT2D eigenvalue weighted by Gasteiger charge is -2.06. The quantitative estimate of drug-likeness (QED) is 0.838. The first-order chi connectivity index (χ1) is 8.16. The molecule has 1 aromatic heterocycles. The fraction of sp³-hybridized carbons (Fsp3) is 0.167. The summed E-state index contributed by atoms with van der Waals surface area (Å²) >= 11 is 0. The summed E-state index contributed by atoms with van der Waals surface area (Å²) in [4.78, 5) is 8.91. The molecule has 0 saturated heterocycles. The lowest BCUT2D eigenvalue weighted by atomic mass is 10.2. The molecule has 0 aliphatic carbocycles. The molecule has 1 aromatic carbocycles. The maximum absolute atomic E-state index is 12.1. The van der Waals surface area contributed by atoms with Gasteiger partial charge in [0, 0.05) is 23.0 Å². The van der Waals surface area contributed by atoms with Crippen molar-refractivity contribution in [2.45, 2.75) is 17.6 Å². The van der Waals surface area contributed by atoms with Gasteiger partial charge >= 0.3 is 0 Å². The Bertz CT molecular complexity index is 543. The van der Waals surface area contributed by atoms with E-state index in [1.165, 1.54) is 0 Å². The molecule has 0 radical (unpaired) electrons. The monoisotopic (exact) mass is 247 g/mol. The fourth-order valence-corrected chi connectivity index (χ4v) is 2.70. The van der Waals surface area contributed by atoms with Crippen molar-refractivity contribution < 1.29 is 4.21 Å². The highest BCUT2D eigenvalue weighted by Crippen LogP contribution is 2.17. The van der Waals surface area contributed by atoms with Gasteiger partial charge in [0.25, 0.3) is 0 Å². The average Bonchev–Trinajstić information content (AvgIpc) is 2.30. The summed E-state index contributed by atoms with van der Waals surface area (Å²) in [5, 5.41) is 0. The van der Waals surface area contributed by atoms with Crippen molar-refractivity contribution in [3.63, 3.8) is 0 Å². The Kier molecular flexibility index (Phi) is 3.49. The van der Waals surface area contributed by atoms with Crippen LogP contribution < -0.4 is 5.73 Å². The molecular formula is C12H13N3OS. The predicted octanol–water partition coefficient (Wildman–Crippen LogP) is 1.68. The van der Waals surface area contributed by atoms with E-state index < -0.39 is 10.8 Å². The number of benzene rings is 1. The maximum Gasteiger partial charge on any atom is 0.141 e. The van der Waals surface area contributed by atoms with Gasteiger partial charge in [-0.05, 0) is 36.8 Å². The zero-order valence-corrected chi connectivity index (χ0v) is 10.3. The van der Waals surface area contributed by atoms with Crippen molar-refractivity contribution in [2.75, 3.05) is 5.73 Å². The molecule has 0 saturated carbocycles. The zero-order valence-electron chi connectivity index (χ0n) is 9.46. The minimum Gasteiger partial charge on any atom is -0.399 e. The molecular weight excluding hydrogens is 234 g/mol. The van der Waals surface area contributed by atoms with E-state index in [0.29, 0.717) is 17.3 Å². The number of nitrogens with two attached hydrogens (primary N) is 1. The van der Waals surface area contributed by atoms with Gasteiger partial charge in [-0.2, -0.15) is 0 Å². The van der Waals surface area contributed by atoms with E-state index in [-0.39, 0.29) is 0 Å². The number of hydrogen-bond acceptors (Lipinski definition) is 4. The van der Waals surface area contributed by atoms with E-state index in [1.54, 1.807) is 30.6 Å². The Labute approximate surface area is 102 Å². The average molecular weight is 247 g/mol. The van der Waals surface area contributed by atoms with E-state index in [9.17, 15) is 4.21 Å². The second-order valence-corrected chi connectivity index (χ2v) is 5.10. The molecule has 1 heterocycles. The van der Waals surface area contributed by atoms with Gasteiger partial charge in [-0.15, -0.1) is 0 Å². The molecule has 1 unspecified atom stereocenters. The molecule has 0 bridgehead atoms. The van der Waals surface area contributed by atoms with Crippen molar-refractivity contribution in [3.8, 4) is 0 Å². The third-order valence-electron chi connectivity index (χ3n) is 2.32. The van der Waals surface area contributed by atoms with Crippen LogP contribution in [0.25, 0.3) is 0 Å². The SMILES string of the molecule is Cc1cc(N)ccc1S(=O)Cc1ncccn1. The molecule has 2 aromatic rings. The van der Waals surface area contributed by atoms with Crippen LogP contribution >= 0.6 is 0 Å². The van der Waals surface area contributed by atoms with E-state index in [1.807, 2.05) is 13.0 Å². The Morgan fingerprint density at radius 1 is 1.29 bits per heavy atom. The van der Waals surface area contributed by atoms with E-state index in [2.05, 4.69) is 9.97 Å². The first kappa shape index (κ1) is 11.7. The number of hydrogen-bond donors (Lipinski definition) is 1. The fourth-order valence-electron chi connectivity index (χ4n) is 1.53. The highest BCUT2D eigenvalue weighted by molar-refractivity contribution is 7.84. The molecule has 17 heavy (non-hydrogen) atoms. The summed E-state index contributed by atoms with van der Waals surface area (Å²) < 4.78 is 12.1. The van der Waals surface area contributed by atoms with Crippen molar-refractivity contribution in [1.82, 2.24) is 9.97 Å². The van der Waals surface area contributed by atoms with Crippen molar-refractivity contribution in [1.29, 1.82) is 0 Å². The third-order valence-corrected chi connectivity index (χ3v) is 3.79. The van der Waals surface area contributed by atoms with Gasteiger partial charge in [-0.3, -0.25) is 4.21 Å². The molecule has 88 valence electrons. The molecule has 5 heteroatoms. The van der Waals surface area contributed by atoms with E-state index >= 15 is 0 Å². The van der Waals surface area contributed by atoms with Crippen LogP contribution in [0.2, 0.25) is 0 Å². The van der Waals surface area contributed by atoms with Crippen LogP contribution in [0.5, 0.6) is 0 Å². The normalized spacial score (nSPS) is 12.3. The smallest absolute Gasteiger partial charge is 0.141 e. The third kappa shape index (κ3) is 2.88. The molecule has 0 aliphatic heterocycles. The summed E-state index contributed by atoms with van der Waals surface area (Å²) in [6.45, 7) is 1.90. The van der Waals surface area contributed by atoms with E-state index in [4.69, 9.17) is 5.73 Å². The van der Waals surface area contributed by atoms with Crippen LogP contribution in [0.4, 0.5) is 5.69 Å². The van der Waals surface area contributed by atoms with Crippen LogP contribution in [-0.4, -0.2) is 14.2 Å². The lowest BCUT2D eigenvalue weighted by molar-refractivity contribution is 0.681. The second-order valence-electron chi connectivity index (χ2n) is 3.68. The van der Waals surface area contributed by atoms with Gasteiger partial charge in [-0.25, -0.2) is 9.97 Å². The van der Waals surface area contributed by atoms with Gasteiger partial charge in [0.05, 0.1) is 16.6 Å². The maximum atomic E-state index is 12.1. The van der Waals surface area contributed by atoms with Crippen LogP contribution in [0.1, 0.15) is 11.4 Å². The van der Waals surface area contributed by atoms with Gasteiger partial charge < -0.3 is 5.73 Å². The molecule has 0 amide bonds. The first-order valence-corrected chi connectivity index (χ1v) is 6.49. The minimum absolute atomic E-state index is 0.325. The molecule has 2 N–H and O–H groups in total. The Hall–Kier alpha value is -1.75. The topological polar surface area (TPSA) is 68.9 Å². The number of anilines is 1. The van der Waals surface area contributed by atoms with Crippen molar-refractivity contribution >= 4 is 16.5 Å². The van der Waals surface area contributed by atoms with Gasteiger partial charge in [-0.1, -0.05) is 0 Å². The van der Waals surface area contributed by atoms with E-state index in [0.717, 1.165) is 10.5 Å². The molecule has 2 rings (SSSR count).